The Morgan fingerprint density at radius 2 is 1.52 bits per heavy atom. The lowest BCUT2D eigenvalue weighted by Gasteiger charge is -2.23. The third-order valence-electron chi connectivity index (χ3n) is 4.34. The zero-order chi connectivity index (χ0) is 20.9. The van der Waals surface area contributed by atoms with Crippen LogP contribution in [0.5, 0.6) is 5.75 Å². The van der Waals surface area contributed by atoms with Gasteiger partial charge in [-0.15, -0.1) is 0 Å². The van der Waals surface area contributed by atoms with E-state index in [1.54, 1.807) is 0 Å². The van der Waals surface area contributed by atoms with Crippen LogP contribution in [0, 0.1) is 0 Å². The molecule has 0 spiro atoms. The number of para-hydroxylation sites is 1. The molecule has 0 bridgehead atoms. The third kappa shape index (κ3) is 6.09. The van der Waals surface area contributed by atoms with Gasteiger partial charge in [-0.25, -0.2) is 0 Å². The van der Waals surface area contributed by atoms with Gasteiger partial charge >= 0.3 is 0 Å². The van der Waals surface area contributed by atoms with Gasteiger partial charge < -0.3 is 15.4 Å². The van der Waals surface area contributed by atoms with Crippen LogP contribution in [0.25, 0.3) is 0 Å². The van der Waals surface area contributed by atoms with Crippen LogP contribution in [-0.4, -0.2) is 12.5 Å². The SMILES string of the molecule is CC(C)(C)c1cc(Br)ccc1OCC(=O)Nc1ccc(Nc2ccccc2)cc1. The molecule has 0 saturated heterocycles. The maximum atomic E-state index is 12.3. The highest BCUT2D eigenvalue weighted by molar-refractivity contribution is 9.10. The van der Waals surface area contributed by atoms with E-state index in [1.807, 2.05) is 72.8 Å². The highest BCUT2D eigenvalue weighted by Crippen LogP contribution is 2.33. The first kappa shape index (κ1) is 20.9. The molecule has 0 aliphatic rings. The molecule has 0 aromatic heterocycles. The van der Waals surface area contributed by atoms with Crippen molar-refractivity contribution in [2.24, 2.45) is 0 Å². The maximum Gasteiger partial charge on any atom is 0.262 e. The molecule has 0 radical (unpaired) electrons. The highest BCUT2D eigenvalue weighted by atomic mass is 79.9. The fourth-order valence-electron chi connectivity index (χ4n) is 2.88. The summed E-state index contributed by atoms with van der Waals surface area (Å²) in [7, 11) is 0. The molecule has 0 fully saturated rings. The number of ether oxygens (including phenoxy) is 1. The summed E-state index contributed by atoms with van der Waals surface area (Å²) < 4.78 is 6.80. The van der Waals surface area contributed by atoms with Crippen LogP contribution in [0.3, 0.4) is 0 Å². The monoisotopic (exact) mass is 452 g/mol. The van der Waals surface area contributed by atoms with E-state index in [2.05, 4.69) is 47.3 Å². The van der Waals surface area contributed by atoms with Gasteiger partial charge in [0.15, 0.2) is 6.61 Å². The lowest BCUT2D eigenvalue weighted by atomic mass is 9.86. The fraction of sp³-hybridized carbons (Fsp3) is 0.208. The molecule has 5 heteroatoms. The second-order valence-corrected chi connectivity index (χ2v) is 8.71. The summed E-state index contributed by atoms with van der Waals surface area (Å²) in [6, 6.07) is 23.4. The van der Waals surface area contributed by atoms with Crippen LogP contribution in [0.4, 0.5) is 17.1 Å². The number of anilines is 3. The standard InChI is InChI=1S/C24H25BrN2O2/c1-24(2,3)21-15-17(25)9-14-22(21)29-16-23(28)27-20-12-10-19(11-13-20)26-18-7-5-4-6-8-18/h4-15,26H,16H2,1-3H3,(H,27,28). The summed E-state index contributed by atoms with van der Waals surface area (Å²) in [6.07, 6.45) is 0. The molecule has 4 nitrogen and oxygen atoms in total. The second kappa shape index (κ2) is 9.14. The number of hydrogen-bond acceptors (Lipinski definition) is 3. The summed E-state index contributed by atoms with van der Waals surface area (Å²) in [5.74, 6) is 0.523. The lowest BCUT2D eigenvalue weighted by Crippen LogP contribution is -2.22. The van der Waals surface area contributed by atoms with Crippen molar-refractivity contribution < 1.29 is 9.53 Å². The van der Waals surface area contributed by atoms with Gasteiger partial charge in [-0.2, -0.15) is 0 Å². The number of amides is 1. The molecule has 0 aliphatic heterocycles. The van der Waals surface area contributed by atoms with E-state index in [4.69, 9.17) is 4.74 Å². The lowest BCUT2D eigenvalue weighted by molar-refractivity contribution is -0.118. The van der Waals surface area contributed by atoms with Crippen molar-refractivity contribution in [3.63, 3.8) is 0 Å². The maximum absolute atomic E-state index is 12.3. The first-order valence-electron chi connectivity index (χ1n) is 9.46. The number of rotatable bonds is 6. The summed E-state index contributed by atoms with van der Waals surface area (Å²) in [6.45, 7) is 6.31. The number of halogens is 1. The van der Waals surface area contributed by atoms with Crippen LogP contribution >= 0.6 is 15.9 Å². The number of carbonyl (C=O) groups excluding carboxylic acids is 1. The van der Waals surface area contributed by atoms with Crippen LogP contribution < -0.4 is 15.4 Å². The Bertz CT molecular complexity index is 964. The number of benzene rings is 3. The minimum atomic E-state index is -0.198. The fourth-order valence-corrected chi connectivity index (χ4v) is 3.24. The molecule has 0 saturated carbocycles. The summed E-state index contributed by atoms with van der Waals surface area (Å²) >= 11 is 3.50. The van der Waals surface area contributed by atoms with Gasteiger partial charge in [0.05, 0.1) is 0 Å². The number of nitrogens with one attached hydrogen (secondary N) is 2. The van der Waals surface area contributed by atoms with Crippen molar-refractivity contribution in [1.82, 2.24) is 0 Å². The molecular formula is C24H25BrN2O2. The molecule has 2 N–H and O–H groups in total. The minimum absolute atomic E-state index is 0.0469. The Hall–Kier alpha value is -2.79. The van der Waals surface area contributed by atoms with E-state index in [-0.39, 0.29) is 17.9 Å². The predicted octanol–water partition coefficient (Wildman–Crippen LogP) is 6.51. The van der Waals surface area contributed by atoms with E-state index in [9.17, 15) is 4.79 Å². The van der Waals surface area contributed by atoms with Crippen molar-refractivity contribution in [2.75, 3.05) is 17.2 Å². The molecule has 29 heavy (non-hydrogen) atoms. The number of carbonyl (C=O) groups is 1. The Morgan fingerprint density at radius 3 is 2.17 bits per heavy atom. The largest absolute Gasteiger partial charge is 0.483 e. The van der Waals surface area contributed by atoms with E-state index < -0.39 is 0 Å². The molecular weight excluding hydrogens is 428 g/mol. The van der Waals surface area contributed by atoms with Gasteiger partial charge in [0.2, 0.25) is 0 Å². The molecule has 0 unspecified atom stereocenters. The smallest absolute Gasteiger partial charge is 0.262 e. The molecule has 0 aliphatic carbocycles. The first-order chi connectivity index (χ1) is 13.8. The summed E-state index contributed by atoms with van der Waals surface area (Å²) in [4.78, 5) is 12.3. The molecule has 3 aromatic rings. The van der Waals surface area contributed by atoms with E-state index in [0.717, 1.165) is 32.8 Å². The quantitative estimate of drug-likeness (QED) is 0.448. The molecule has 150 valence electrons. The van der Waals surface area contributed by atoms with Gasteiger partial charge in [0, 0.05) is 27.1 Å². The predicted molar refractivity (Wildman–Crippen MR) is 123 cm³/mol. The summed E-state index contributed by atoms with van der Waals surface area (Å²) in [5, 5.41) is 6.19. The minimum Gasteiger partial charge on any atom is -0.483 e. The van der Waals surface area contributed by atoms with Crippen LogP contribution in [0.1, 0.15) is 26.3 Å². The Labute approximate surface area is 180 Å². The third-order valence-corrected chi connectivity index (χ3v) is 4.83. The van der Waals surface area contributed by atoms with Gasteiger partial charge in [0.25, 0.3) is 5.91 Å². The van der Waals surface area contributed by atoms with Gasteiger partial charge in [0.1, 0.15) is 5.75 Å². The molecule has 3 aromatic carbocycles. The average Bonchev–Trinajstić information content (AvgIpc) is 2.68. The Balaban J connectivity index is 1.58. The second-order valence-electron chi connectivity index (χ2n) is 7.80. The highest BCUT2D eigenvalue weighted by Gasteiger charge is 2.20. The molecule has 3 rings (SSSR count). The normalized spacial score (nSPS) is 11.0. The topological polar surface area (TPSA) is 50.4 Å². The number of hydrogen-bond donors (Lipinski definition) is 2. The van der Waals surface area contributed by atoms with Gasteiger partial charge in [-0.1, -0.05) is 54.9 Å². The van der Waals surface area contributed by atoms with Gasteiger partial charge in [-0.3, -0.25) is 4.79 Å². The van der Waals surface area contributed by atoms with E-state index >= 15 is 0 Å². The summed E-state index contributed by atoms with van der Waals surface area (Å²) in [5.41, 5.74) is 3.66. The molecule has 0 atom stereocenters. The first-order valence-corrected chi connectivity index (χ1v) is 10.3. The van der Waals surface area contributed by atoms with E-state index in [1.165, 1.54) is 0 Å². The van der Waals surface area contributed by atoms with Crippen LogP contribution in [0.15, 0.2) is 77.3 Å². The zero-order valence-corrected chi connectivity index (χ0v) is 18.4. The average molecular weight is 453 g/mol. The van der Waals surface area contributed by atoms with E-state index in [0.29, 0.717) is 0 Å². The molecule has 1 amide bonds. The Kier molecular flexibility index (Phi) is 6.60. The van der Waals surface area contributed by atoms with Crippen LogP contribution in [0.2, 0.25) is 0 Å². The van der Waals surface area contributed by atoms with Gasteiger partial charge in [-0.05, 0) is 60.0 Å². The van der Waals surface area contributed by atoms with Crippen molar-refractivity contribution in [3.05, 3.63) is 82.8 Å². The van der Waals surface area contributed by atoms with Crippen molar-refractivity contribution in [1.29, 1.82) is 0 Å². The van der Waals surface area contributed by atoms with Crippen molar-refractivity contribution in [2.45, 2.75) is 26.2 Å². The van der Waals surface area contributed by atoms with Crippen LogP contribution in [-0.2, 0) is 10.2 Å². The zero-order valence-electron chi connectivity index (χ0n) is 16.8. The molecule has 0 heterocycles. The Morgan fingerprint density at radius 1 is 0.897 bits per heavy atom. The van der Waals surface area contributed by atoms with Crippen molar-refractivity contribution >= 4 is 38.9 Å². The van der Waals surface area contributed by atoms with Crippen molar-refractivity contribution in [3.8, 4) is 5.75 Å².